The predicted molar refractivity (Wildman–Crippen MR) is 94.4 cm³/mol. The number of anilines is 1. The Morgan fingerprint density at radius 1 is 1.30 bits per heavy atom. The number of carbonyl (C=O) groups excluding carboxylic acids is 1. The molecule has 0 fully saturated rings. The van der Waals surface area contributed by atoms with Gasteiger partial charge in [-0.1, -0.05) is 0 Å². The molecule has 1 atom stereocenters. The molecular weight excluding hydrogens is 310 g/mol. The third kappa shape index (κ3) is 4.69. The third-order valence-corrected chi connectivity index (χ3v) is 4.24. The Balaban J connectivity index is 2.04. The van der Waals surface area contributed by atoms with Crippen LogP contribution in [-0.2, 0) is 0 Å². The van der Waals surface area contributed by atoms with Crippen LogP contribution in [0.5, 0.6) is 5.88 Å². The van der Waals surface area contributed by atoms with E-state index in [1.54, 1.807) is 29.7 Å². The van der Waals surface area contributed by atoms with Gasteiger partial charge in [0.1, 0.15) is 5.69 Å². The second-order valence-corrected chi connectivity index (χ2v) is 7.17. The lowest BCUT2D eigenvalue weighted by molar-refractivity contribution is 0.232. The van der Waals surface area contributed by atoms with Crippen LogP contribution in [0.1, 0.15) is 42.1 Å². The number of ether oxygens (including phenoxy) is 1. The van der Waals surface area contributed by atoms with Crippen LogP contribution in [0.15, 0.2) is 24.4 Å². The first-order valence-electron chi connectivity index (χ1n) is 7.63. The molecule has 0 aliphatic carbocycles. The second kappa shape index (κ2) is 7.46. The number of carbonyl (C=O) groups is 1. The molecule has 0 aliphatic heterocycles. The third-order valence-electron chi connectivity index (χ3n) is 3.26. The second-order valence-electron chi connectivity index (χ2n) is 5.71. The van der Waals surface area contributed by atoms with Gasteiger partial charge in [-0.05, 0) is 58.4 Å². The van der Waals surface area contributed by atoms with E-state index in [1.165, 1.54) is 9.75 Å². The lowest BCUT2D eigenvalue weighted by Crippen LogP contribution is -2.31. The van der Waals surface area contributed by atoms with E-state index in [9.17, 15) is 4.79 Å². The Morgan fingerprint density at radius 3 is 2.65 bits per heavy atom. The highest BCUT2D eigenvalue weighted by atomic mass is 32.1. The Kier molecular flexibility index (Phi) is 5.60. The summed E-state index contributed by atoms with van der Waals surface area (Å²) in [6, 6.07) is 5.31. The topological polar surface area (TPSA) is 63.2 Å². The van der Waals surface area contributed by atoms with Crippen molar-refractivity contribution >= 4 is 23.1 Å². The van der Waals surface area contributed by atoms with E-state index >= 15 is 0 Å². The number of nitrogens with zero attached hydrogens (tertiary/aromatic N) is 1. The van der Waals surface area contributed by atoms with Gasteiger partial charge in [0.25, 0.3) is 0 Å². The van der Waals surface area contributed by atoms with E-state index < -0.39 is 0 Å². The molecule has 0 aromatic carbocycles. The molecule has 0 saturated heterocycles. The quantitative estimate of drug-likeness (QED) is 0.851. The van der Waals surface area contributed by atoms with Crippen LogP contribution in [0, 0.1) is 13.8 Å². The molecule has 2 N–H and O–H groups in total. The van der Waals surface area contributed by atoms with Gasteiger partial charge in [-0.25, -0.2) is 9.78 Å². The molecule has 0 aliphatic rings. The van der Waals surface area contributed by atoms with E-state index in [0.717, 1.165) is 5.56 Å². The van der Waals surface area contributed by atoms with Crippen molar-refractivity contribution in [2.45, 2.75) is 46.8 Å². The van der Waals surface area contributed by atoms with E-state index in [0.29, 0.717) is 11.6 Å². The zero-order valence-electron chi connectivity index (χ0n) is 14.1. The Labute approximate surface area is 141 Å². The minimum Gasteiger partial charge on any atom is -0.473 e. The maximum atomic E-state index is 12.3. The molecule has 23 heavy (non-hydrogen) atoms. The first kappa shape index (κ1) is 17.3. The highest BCUT2D eigenvalue weighted by molar-refractivity contribution is 7.12. The molecule has 2 heterocycles. The Hall–Kier alpha value is -2.08. The van der Waals surface area contributed by atoms with Crippen molar-refractivity contribution in [1.82, 2.24) is 10.3 Å². The van der Waals surface area contributed by atoms with E-state index in [4.69, 9.17) is 4.74 Å². The number of hydrogen-bond donors (Lipinski definition) is 2. The summed E-state index contributed by atoms with van der Waals surface area (Å²) in [4.78, 5) is 18.9. The first-order valence-corrected chi connectivity index (χ1v) is 8.44. The maximum Gasteiger partial charge on any atom is 0.319 e. The number of rotatable bonds is 5. The fourth-order valence-electron chi connectivity index (χ4n) is 2.32. The molecule has 2 aromatic rings. The molecule has 0 bridgehead atoms. The zero-order chi connectivity index (χ0) is 17.0. The normalized spacial score (nSPS) is 12.1. The van der Waals surface area contributed by atoms with Crippen molar-refractivity contribution in [3.05, 3.63) is 39.7 Å². The van der Waals surface area contributed by atoms with Crippen LogP contribution in [0.3, 0.4) is 0 Å². The number of hydrogen-bond acceptors (Lipinski definition) is 4. The molecule has 2 rings (SSSR count). The number of thiophene rings is 1. The van der Waals surface area contributed by atoms with Gasteiger partial charge in [-0.3, -0.25) is 0 Å². The molecule has 5 nitrogen and oxygen atoms in total. The Morgan fingerprint density at radius 2 is 2.04 bits per heavy atom. The molecule has 1 unspecified atom stereocenters. The minimum atomic E-state index is -0.276. The number of amides is 2. The van der Waals surface area contributed by atoms with Crippen molar-refractivity contribution in [3.8, 4) is 5.88 Å². The number of nitrogens with one attached hydrogen (secondary N) is 2. The van der Waals surface area contributed by atoms with Crippen LogP contribution in [0.4, 0.5) is 10.5 Å². The maximum absolute atomic E-state index is 12.3. The molecule has 0 spiro atoms. The number of aromatic nitrogens is 1. The summed E-state index contributed by atoms with van der Waals surface area (Å²) in [6.07, 6.45) is 1.63. The highest BCUT2D eigenvalue weighted by Gasteiger charge is 2.15. The largest absolute Gasteiger partial charge is 0.473 e. The lowest BCUT2D eigenvalue weighted by atomic mass is 10.1. The van der Waals surface area contributed by atoms with Crippen molar-refractivity contribution in [2.75, 3.05) is 5.32 Å². The fraction of sp³-hybridized carbons (Fsp3) is 0.412. The highest BCUT2D eigenvalue weighted by Crippen LogP contribution is 2.26. The first-order chi connectivity index (χ1) is 10.9. The molecular formula is C17H23N3O2S. The molecule has 0 radical (unpaired) electrons. The lowest BCUT2D eigenvalue weighted by Gasteiger charge is -2.17. The number of urea groups is 1. The number of aryl methyl sites for hydroxylation is 2. The Bertz CT molecular complexity index is 682. The van der Waals surface area contributed by atoms with E-state index in [1.807, 2.05) is 20.8 Å². The zero-order valence-corrected chi connectivity index (χ0v) is 15.0. The molecule has 6 heteroatoms. The summed E-state index contributed by atoms with van der Waals surface area (Å²) in [5, 5.41) is 5.76. The van der Waals surface area contributed by atoms with Crippen molar-refractivity contribution < 1.29 is 9.53 Å². The summed E-state index contributed by atoms with van der Waals surface area (Å²) >= 11 is 1.74. The average molecular weight is 333 g/mol. The summed E-state index contributed by atoms with van der Waals surface area (Å²) in [6.45, 7) is 9.95. The van der Waals surface area contributed by atoms with Crippen LogP contribution >= 0.6 is 11.3 Å². The molecule has 2 aromatic heterocycles. The van der Waals surface area contributed by atoms with Crippen LogP contribution in [-0.4, -0.2) is 17.1 Å². The molecule has 0 saturated carbocycles. The van der Waals surface area contributed by atoms with Gasteiger partial charge in [0.15, 0.2) is 0 Å². The van der Waals surface area contributed by atoms with Gasteiger partial charge in [-0.2, -0.15) is 0 Å². The standard InChI is InChI=1S/C17H23N3O2S/c1-10(2)22-16-15(7-6-8-18-16)20-17(21)19-12(4)14-9-11(3)23-13(14)5/h6-10,12H,1-5H3,(H2,19,20,21). The minimum absolute atomic E-state index is 0.0103. The van der Waals surface area contributed by atoms with Gasteiger partial charge in [0, 0.05) is 16.0 Å². The van der Waals surface area contributed by atoms with Crippen LogP contribution in [0.25, 0.3) is 0 Å². The summed E-state index contributed by atoms with van der Waals surface area (Å²) in [7, 11) is 0. The SMILES string of the molecule is Cc1cc(C(C)NC(=O)Nc2cccnc2OC(C)C)c(C)s1. The summed E-state index contributed by atoms with van der Waals surface area (Å²) < 4.78 is 5.61. The van der Waals surface area contributed by atoms with Crippen molar-refractivity contribution in [3.63, 3.8) is 0 Å². The number of pyridine rings is 1. The monoisotopic (exact) mass is 333 g/mol. The van der Waals surface area contributed by atoms with E-state index in [2.05, 4.69) is 35.5 Å². The van der Waals surface area contributed by atoms with Gasteiger partial charge < -0.3 is 15.4 Å². The van der Waals surface area contributed by atoms with Gasteiger partial charge >= 0.3 is 6.03 Å². The van der Waals surface area contributed by atoms with Crippen molar-refractivity contribution in [2.24, 2.45) is 0 Å². The molecule has 124 valence electrons. The van der Waals surface area contributed by atoms with Crippen LogP contribution in [0.2, 0.25) is 0 Å². The summed E-state index contributed by atoms with van der Waals surface area (Å²) in [5.41, 5.74) is 1.71. The smallest absolute Gasteiger partial charge is 0.319 e. The van der Waals surface area contributed by atoms with Crippen molar-refractivity contribution in [1.29, 1.82) is 0 Å². The summed E-state index contributed by atoms with van der Waals surface area (Å²) in [5.74, 6) is 0.424. The predicted octanol–water partition coefficient (Wildman–Crippen LogP) is 4.43. The fourth-order valence-corrected chi connectivity index (χ4v) is 3.34. The average Bonchev–Trinajstić information content (AvgIpc) is 2.79. The van der Waals surface area contributed by atoms with Gasteiger partial charge in [0.2, 0.25) is 5.88 Å². The van der Waals surface area contributed by atoms with Gasteiger partial charge in [0.05, 0.1) is 12.1 Å². The van der Waals surface area contributed by atoms with Gasteiger partial charge in [-0.15, -0.1) is 11.3 Å². The van der Waals surface area contributed by atoms with Crippen LogP contribution < -0.4 is 15.4 Å². The van der Waals surface area contributed by atoms with E-state index in [-0.39, 0.29) is 18.2 Å². The molecule has 2 amide bonds.